The zero-order valence-corrected chi connectivity index (χ0v) is 11.8. The number of piperazine rings is 1. The molecule has 1 fully saturated rings. The van der Waals surface area contributed by atoms with Gasteiger partial charge in [0, 0.05) is 32.4 Å². The highest BCUT2D eigenvalue weighted by atomic mass is 19.4. The van der Waals surface area contributed by atoms with E-state index in [1.807, 2.05) is 0 Å². The summed E-state index contributed by atoms with van der Waals surface area (Å²) in [5, 5.41) is 6.75. The van der Waals surface area contributed by atoms with Gasteiger partial charge in [0.05, 0.1) is 6.34 Å². The molecule has 1 saturated heterocycles. The summed E-state index contributed by atoms with van der Waals surface area (Å²) < 4.78 is 38.7. The largest absolute Gasteiger partial charge is 0.435 e. The Morgan fingerprint density at radius 3 is 2.59 bits per heavy atom. The van der Waals surface area contributed by atoms with Gasteiger partial charge in [0.1, 0.15) is 13.3 Å². The Labute approximate surface area is 125 Å². The highest BCUT2D eigenvalue weighted by Gasteiger charge is 2.33. The van der Waals surface area contributed by atoms with E-state index in [1.54, 1.807) is 11.2 Å². The van der Waals surface area contributed by atoms with Gasteiger partial charge in [-0.2, -0.15) is 18.3 Å². The van der Waals surface area contributed by atoms with E-state index in [2.05, 4.69) is 25.3 Å². The molecule has 0 aliphatic carbocycles. The van der Waals surface area contributed by atoms with Crippen molar-refractivity contribution in [2.75, 3.05) is 32.8 Å². The lowest BCUT2D eigenvalue weighted by Crippen LogP contribution is -2.47. The average Bonchev–Trinajstić information content (AvgIpc) is 2.98. The average molecular weight is 315 g/mol. The van der Waals surface area contributed by atoms with Crippen LogP contribution in [0.3, 0.4) is 0 Å². The third-order valence-corrected chi connectivity index (χ3v) is 3.39. The SMILES string of the molecule is FC(F)(F)c1ccn(CN2C=NC(N3CCNCC3)=NC2)n1. The smallest absolute Gasteiger partial charge is 0.338 e. The second kappa shape index (κ2) is 5.95. The number of guanidine groups is 1. The number of aromatic nitrogens is 2. The summed E-state index contributed by atoms with van der Waals surface area (Å²) in [5.41, 5.74) is -0.897. The van der Waals surface area contributed by atoms with E-state index in [9.17, 15) is 13.2 Å². The zero-order chi connectivity index (χ0) is 15.6. The van der Waals surface area contributed by atoms with Gasteiger partial charge in [-0.15, -0.1) is 0 Å². The number of nitrogens with one attached hydrogen (secondary N) is 1. The normalized spacial score (nSPS) is 19.5. The lowest BCUT2D eigenvalue weighted by molar-refractivity contribution is -0.141. The molecular formula is C12H16F3N7. The fourth-order valence-corrected chi connectivity index (χ4v) is 2.27. The van der Waals surface area contributed by atoms with Gasteiger partial charge >= 0.3 is 6.18 Å². The van der Waals surface area contributed by atoms with Crippen molar-refractivity contribution in [3.63, 3.8) is 0 Å². The van der Waals surface area contributed by atoms with Crippen LogP contribution in [0.5, 0.6) is 0 Å². The first kappa shape index (κ1) is 14.8. The number of halogens is 3. The van der Waals surface area contributed by atoms with E-state index in [-0.39, 0.29) is 6.67 Å². The summed E-state index contributed by atoms with van der Waals surface area (Å²) in [5.74, 6) is 0.675. The minimum Gasteiger partial charge on any atom is -0.338 e. The number of aliphatic imine (C=N–C) groups is 2. The molecule has 7 nitrogen and oxygen atoms in total. The molecule has 3 rings (SSSR count). The highest BCUT2D eigenvalue weighted by molar-refractivity contribution is 5.88. The molecule has 0 saturated carbocycles. The second-order valence-electron chi connectivity index (χ2n) is 5.05. The van der Waals surface area contributed by atoms with Gasteiger partial charge < -0.3 is 15.1 Å². The Bertz CT molecular complexity index is 572. The molecule has 120 valence electrons. The number of hydrogen-bond donors (Lipinski definition) is 1. The van der Waals surface area contributed by atoms with Crippen LogP contribution < -0.4 is 5.32 Å². The monoisotopic (exact) mass is 315 g/mol. The predicted octanol–water partition coefficient (Wildman–Crippen LogP) is 0.422. The van der Waals surface area contributed by atoms with Gasteiger partial charge in [-0.3, -0.25) is 4.68 Å². The van der Waals surface area contributed by atoms with Crippen LogP contribution in [0.2, 0.25) is 0 Å². The van der Waals surface area contributed by atoms with Gasteiger partial charge in [-0.05, 0) is 6.07 Å². The Balaban J connectivity index is 1.56. The fraction of sp³-hybridized carbons (Fsp3) is 0.583. The van der Waals surface area contributed by atoms with Crippen LogP contribution >= 0.6 is 0 Å². The number of nitrogens with zero attached hydrogens (tertiary/aromatic N) is 6. The minimum absolute atomic E-state index is 0.178. The Kier molecular flexibility index (Phi) is 4.01. The van der Waals surface area contributed by atoms with Crippen molar-refractivity contribution in [2.45, 2.75) is 12.8 Å². The third kappa shape index (κ3) is 3.38. The van der Waals surface area contributed by atoms with Crippen LogP contribution in [0.4, 0.5) is 13.2 Å². The van der Waals surface area contributed by atoms with E-state index >= 15 is 0 Å². The van der Waals surface area contributed by atoms with Crippen LogP contribution in [-0.2, 0) is 12.8 Å². The Hall–Kier alpha value is -2.10. The second-order valence-corrected chi connectivity index (χ2v) is 5.05. The van der Waals surface area contributed by atoms with Crippen molar-refractivity contribution in [3.05, 3.63) is 18.0 Å². The molecule has 2 aliphatic rings. The molecule has 0 radical (unpaired) electrons. The lowest BCUT2D eigenvalue weighted by Gasteiger charge is -2.30. The number of hydrogen-bond acceptors (Lipinski definition) is 6. The molecule has 1 N–H and O–H groups in total. The maximum Gasteiger partial charge on any atom is 0.435 e. The van der Waals surface area contributed by atoms with Gasteiger partial charge in [0.15, 0.2) is 5.69 Å². The molecule has 22 heavy (non-hydrogen) atoms. The van der Waals surface area contributed by atoms with E-state index in [4.69, 9.17) is 0 Å². The number of alkyl halides is 3. The van der Waals surface area contributed by atoms with Gasteiger partial charge in [-0.1, -0.05) is 0 Å². The van der Waals surface area contributed by atoms with Crippen LogP contribution in [-0.4, -0.2) is 64.7 Å². The summed E-state index contributed by atoms with van der Waals surface area (Å²) in [6.07, 6.45) is -1.53. The molecule has 0 amide bonds. The Morgan fingerprint density at radius 2 is 2.00 bits per heavy atom. The quantitative estimate of drug-likeness (QED) is 0.859. The maximum absolute atomic E-state index is 12.5. The topological polar surface area (TPSA) is 61.1 Å². The van der Waals surface area contributed by atoms with Crippen LogP contribution in [0.1, 0.15) is 5.69 Å². The van der Waals surface area contributed by atoms with Crippen LogP contribution in [0, 0.1) is 0 Å². The molecule has 10 heteroatoms. The summed E-state index contributed by atoms with van der Waals surface area (Å²) in [4.78, 5) is 12.4. The molecule has 0 aromatic carbocycles. The van der Waals surface area contributed by atoms with Crippen molar-refractivity contribution in [1.29, 1.82) is 0 Å². The standard InChI is InChI=1S/C12H16F3N7/c13-12(14,15)10-1-4-22(19-10)9-20-7-17-11(18-8-20)21-5-2-16-3-6-21/h1,4,7,16H,2-3,5-6,8-9H2. The van der Waals surface area contributed by atoms with E-state index < -0.39 is 11.9 Å². The fourth-order valence-electron chi connectivity index (χ4n) is 2.27. The molecule has 1 aromatic rings. The van der Waals surface area contributed by atoms with E-state index in [0.717, 1.165) is 32.2 Å². The summed E-state index contributed by atoms with van der Waals surface area (Å²) in [6, 6.07) is 0.955. The molecule has 2 aliphatic heterocycles. The first-order valence-electron chi connectivity index (χ1n) is 6.91. The molecule has 0 spiro atoms. The zero-order valence-electron chi connectivity index (χ0n) is 11.8. The van der Waals surface area contributed by atoms with Crippen molar-refractivity contribution in [1.82, 2.24) is 24.9 Å². The van der Waals surface area contributed by atoms with E-state index in [0.29, 0.717) is 12.6 Å². The van der Waals surface area contributed by atoms with Crippen LogP contribution in [0.25, 0.3) is 0 Å². The maximum atomic E-state index is 12.5. The summed E-state index contributed by atoms with van der Waals surface area (Å²) >= 11 is 0. The highest BCUT2D eigenvalue weighted by Crippen LogP contribution is 2.27. The van der Waals surface area contributed by atoms with Gasteiger partial charge in [-0.25, -0.2) is 9.98 Å². The summed E-state index contributed by atoms with van der Waals surface area (Å²) in [6.45, 7) is 4.02. The Morgan fingerprint density at radius 1 is 1.23 bits per heavy atom. The first-order chi connectivity index (χ1) is 10.5. The molecule has 3 heterocycles. The molecule has 0 unspecified atom stereocenters. The minimum atomic E-state index is -4.42. The predicted molar refractivity (Wildman–Crippen MR) is 74.3 cm³/mol. The molecule has 0 bridgehead atoms. The molecular weight excluding hydrogens is 299 g/mol. The number of rotatable bonds is 2. The van der Waals surface area contributed by atoms with E-state index in [1.165, 1.54) is 10.9 Å². The molecule has 1 aromatic heterocycles. The van der Waals surface area contributed by atoms with Crippen LogP contribution in [0.15, 0.2) is 22.2 Å². The van der Waals surface area contributed by atoms with Crippen molar-refractivity contribution in [3.8, 4) is 0 Å². The van der Waals surface area contributed by atoms with Gasteiger partial charge in [0.2, 0.25) is 5.96 Å². The lowest BCUT2D eigenvalue weighted by atomic mass is 10.4. The van der Waals surface area contributed by atoms with Crippen molar-refractivity contribution >= 4 is 12.3 Å². The van der Waals surface area contributed by atoms with Crippen molar-refractivity contribution in [2.24, 2.45) is 9.98 Å². The summed E-state index contributed by atoms with van der Waals surface area (Å²) in [7, 11) is 0. The first-order valence-corrected chi connectivity index (χ1v) is 6.91. The third-order valence-electron chi connectivity index (χ3n) is 3.39. The molecule has 0 atom stereocenters. The van der Waals surface area contributed by atoms with Crippen molar-refractivity contribution < 1.29 is 13.2 Å². The van der Waals surface area contributed by atoms with Gasteiger partial charge in [0.25, 0.3) is 0 Å².